The predicted octanol–water partition coefficient (Wildman–Crippen LogP) is 0.0574. The van der Waals surface area contributed by atoms with Crippen LogP contribution in [0.2, 0.25) is 0 Å². The lowest BCUT2D eigenvalue weighted by Gasteiger charge is -2.17. The normalized spacial score (nSPS) is 19.2. The lowest BCUT2D eigenvalue weighted by molar-refractivity contribution is -0.117. The van der Waals surface area contributed by atoms with Gasteiger partial charge in [-0.25, -0.2) is 4.68 Å². The first kappa shape index (κ1) is 12.8. The molecule has 0 radical (unpaired) electrons. The smallest absolute Gasteiger partial charge is 0.269 e. The van der Waals surface area contributed by atoms with Crippen LogP contribution in [0, 0.1) is 0 Å². The fourth-order valence-corrected chi connectivity index (χ4v) is 2.08. The number of anilines is 1. The van der Waals surface area contributed by atoms with E-state index in [2.05, 4.69) is 10.00 Å². The fraction of sp³-hybridized carbons (Fsp3) is 0.583. The third-order valence-electron chi connectivity index (χ3n) is 3.07. The summed E-state index contributed by atoms with van der Waals surface area (Å²) in [6, 6.07) is 1.52. The number of aromatic nitrogens is 2. The molecule has 1 saturated heterocycles. The van der Waals surface area contributed by atoms with Gasteiger partial charge in [0.1, 0.15) is 6.54 Å². The zero-order chi connectivity index (χ0) is 13.1. The first-order valence-electron chi connectivity index (χ1n) is 5.94. The first-order chi connectivity index (χ1) is 8.60. The van der Waals surface area contributed by atoms with Crippen LogP contribution in [-0.4, -0.2) is 41.9 Å². The highest BCUT2D eigenvalue weighted by atomic mass is 16.5. The monoisotopic (exact) mass is 251 g/mol. The van der Waals surface area contributed by atoms with E-state index in [-0.39, 0.29) is 24.0 Å². The lowest BCUT2D eigenvalue weighted by atomic mass is 10.3. The van der Waals surface area contributed by atoms with Crippen molar-refractivity contribution in [3.05, 3.63) is 22.6 Å². The highest BCUT2D eigenvalue weighted by molar-refractivity contribution is 5.75. The van der Waals surface area contributed by atoms with Gasteiger partial charge in [0, 0.05) is 26.3 Å². The Bertz CT molecular complexity index is 498. The van der Waals surface area contributed by atoms with Crippen molar-refractivity contribution < 1.29 is 9.53 Å². The summed E-state index contributed by atoms with van der Waals surface area (Å²) >= 11 is 0. The average Bonchev–Trinajstić information content (AvgIpc) is 2.80. The molecule has 98 valence electrons. The van der Waals surface area contributed by atoms with Gasteiger partial charge in [0.15, 0.2) is 5.78 Å². The minimum atomic E-state index is -0.247. The molecule has 2 heterocycles. The van der Waals surface area contributed by atoms with E-state index in [1.807, 2.05) is 0 Å². The second-order valence-electron chi connectivity index (χ2n) is 4.50. The Labute approximate surface area is 105 Å². The number of carbonyl (C=O) groups is 1. The summed E-state index contributed by atoms with van der Waals surface area (Å²) in [5.74, 6) is -0.0852. The molecule has 0 saturated carbocycles. The Hall–Kier alpha value is -1.69. The number of ketones is 1. The van der Waals surface area contributed by atoms with Gasteiger partial charge in [-0.15, -0.1) is 0 Å². The number of hydrogen-bond acceptors (Lipinski definition) is 5. The summed E-state index contributed by atoms with van der Waals surface area (Å²) in [5, 5.41) is 4.01. The quantitative estimate of drug-likeness (QED) is 0.757. The van der Waals surface area contributed by atoms with Gasteiger partial charge in [-0.05, 0) is 13.3 Å². The zero-order valence-corrected chi connectivity index (χ0v) is 10.6. The van der Waals surface area contributed by atoms with Crippen molar-refractivity contribution in [2.75, 3.05) is 25.1 Å². The Morgan fingerprint density at radius 2 is 2.39 bits per heavy atom. The van der Waals surface area contributed by atoms with Crippen LogP contribution in [0.15, 0.2) is 17.1 Å². The van der Waals surface area contributed by atoms with Crippen molar-refractivity contribution in [2.24, 2.45) is 0 Å². The van der Waals surface area contributed by atoms with Gasteiger partial charge in [-0.3, -0.25) is 9.59 Å². The van der Waals surface area contributed by atoms with Gasteiger partial charge >= 0.3 is 0 Å². The number of hydrogen-bond donors (Lipinski definition) is 0. The van der Waals surface area contributed by atoms with E-state index in [0.717, 1.165) is 25.2 Å². The summed E-state index contributed by atoms with van der Waals surface area (Å²) in [4.78, 5) is 24.8. The van der Waals surface area contributed by atoms with Gasteiger partial charge < -0.3 is 9.64 Å². The molecule has 0 spiro atoms. The number of nitrogens with zero attached hydrogens (tertiary/aromatic N) is 3. The Kier molecular flexibility index (Phi) is 3.76. The summed E-state index contributed by atoms with van der Waals surface area (Å²) in [7, 11) is 1.69. The van der Waals surface area contributed by atoms with Crippen molar-refractivity contribution in [2.45, 2.75) is 26.0 Å². The van der Waals surface area contributed by atoms with Crippen LogP contribution in [-0.2, 0) is 16.1 Å². The molecule has 0 bridgehead atoms. The summed E-state index contributed by atoms with van der Waals surface area (Å²) < 4.78 is 6.46. The lowest BCUT2D eigenvalue weighted by Crippen LogP contribution is -2.28. The molecule has 6 heteroatoms. The molecule has 1 aliphatic heterocycles. The molecule has 1 fully saturated rings. The third kappa shape index (κ3) is 2.76. The van der Waals surface area contributed by atoms with E-state index in [1.54, 1.807) is 13.3 Å². The molecule has 1 atom stereocenters. The Balaban J connectivity index is 2.14. The maximum absolute atomic E-state index is 11.8. The molecule has 0 aliphatic carbocycles. The maximum atomic E-state index is 11.8. The molecule has 0 amide bonds. The van der Waals surface area contributed by atoms with Crippen LogP contribution >= 0.6 is 0 Å². The molecule has 0 aromatic carbocycles. The summed E-state index contributed by atoms with van der Waals surface area (Å²) in [5.41, 5.74) is 0.544. The zero-order valence-electron chi connectivity index (χ0n) is 10.6. The summed E-state index contributed by atoms with van der Waals surface area (Å²) in [6.45, 7) is 3.09. The minimum absolute atomic E-state index is 0.0276. The topological polar surface area (TPSA) is 64.4 Å². The van der Waals surface area contributed by atoms with Crippen LogP contribution in [0.5, 0.6) is 0 Å². The number of rotatable bonds is 4. The molecular formula is C12H17N3O3. The highest BCUT2D eigenvalue weighted by Gasteiger charge is 2.22. The van der Waals surface area contributed by atoms with Crippen LogP contribution in [0.25, 0.3) is 0 Å². The van der Waals surface area contributed by atoms with E-state index in [4.69, 9.17) is 4.74 Å². The SMILES string of the molecule is COC1CCN(c2cnn(CC(C)=O)c(=O)c2)C1. The minimum Gasteiger partial charge on any atom is -0.380 e. The van der Waals surface area contributed by atoms with Crippen LogP contribution in [0.4, 0.5) is 5.69 Å². The summed E-state index contributed by atoms with van der Waals surface area (Å²) in [6.07, 6.45) is 2.79. The maximum Gasteiger partial charge on any atom is 0.269 e. The van der Waals surface area contributed by atoms with Gasteiger partial charge in [0.05, 0.1) is 18.0 Å². The van der Waals surface area contributed by atoms with Crippen molar-refractivity contribution in [3.63, 3.8) is 0 Å². The molecular weight excluding hydrogens is 234 g/mol. The standard InChI is InChI=1S/C12H17N3O3/c1-9(16)7-15-12(17)5-10(6-13-15)14-4-3-11(8-14)18-2/h5-6,11H,3-4,7-8H2,1-2H3. The second kappa shape index (κ2) is 5.30. The molecule has 1 unspecified atom stereocenters. The van der Waals surface area contributed by atoms with Gasteiger partial charge in [-0.2, -0.15) is 5.10 Å². The number of Topliss-reactive ketones (excluding diaryl/α,β-unsaturated/α-hetero) is 1. The van der Waals surface area contributed by atoms with E-state index < -0.39 is 0 Å². The Morgan fingerprint density at radius 1 is 1.61 bits per heavy atom. The third-order valence-corrected chi connectivity index (χ3v) is 3.07. The van der Waals surface area contributed by atoms with E-state index in [1.165, 1.54) is 17.7 Å². The Morgan fingerprint density at radius 3 is 2.94 bits per heavy atom. The predicted molar refractivity (Wildman–Crippen MR) is 66.8 cm³/mol. The molecule has 18 heavy (non-hydrogen) atoms. The molecule has 1 aromatic rings. The van der Waals surface area contributed by atoms with Gasteiger partial charge in [0.25, 0.3) is 5.56 Å². The number of ether oxygens (including phenoxy) is 1. The molecule has 2 rings (SSSR count). The highest BCUT2D eigenvalue weighted by Crippen LogP contribution is 2.19. The van der Waals surface area contributed by atoms with Gasteiger partial charge in [-0.1, -0.05) is 0 Å². The van der Waals surface area contributed by atoms with Crippen LogP contribution < -0.4 is 10.5 Å². The van der Waals surface area contributed by atoms with Crippen molar-refractivity contribution in [1.82, 2.24) is 9.78 Å². The van der Waals surface area contributed by atoms with E-state index >= 15 is 0 Å². The molecule has 0 N–H and O–H groups in total. The van der Waals surface area contributed by atoms with Crippen LogP contribution in [0.1, 0.15) is 13.3 Å². The average molecular weight is 251 g/mol. The van der Waals surface area contributed by atoms with E-state index in [0.29, 0.717) is 0 Å². The van der Waals surface area contributed by atoms with Crippen molar-refractivity contribution >= 4 is 11.5 Å². The largest absolute Gasteiger partial charge is 0.380 e. The van der Waals surface area contributed by atoms with Gasteiger partial charge in [0.2, 0.25) is 0 Å². The van der Waals surface area contributed by atoms with Crippen molar-refractivity contribution in [3.8, 4) is 0 Å². The van der Waals surface area contributed by atoms with E-state index in [9.17, 15) is 9.59 Å². The second-order valence-corrected chi connectivity index (χ2v) is 4.50. The van der Waals surface area contributed by atoms with Crippen molar-refractivity contribution in [1.29, 1.82) is 0 Å². The molecule has 1 aliphatic rings. The number of methoxy groups -OCH3 is 1. The first-order valence-corrected chi connectivity index (χ1v) is 5.94. The number of carbonyl (C=O) groups excluding carboxylic acids is 1. The molecule has 6 nitrogen and oxygen atoms in total. The van der Waals surface area contributed by atoms with Crippen LogP contribution in [0.3, 0.4) is 0 Å². The fourth-order valence-electron chi connectivity index (χ4n) is 2.08. The molecule has 1 aromatic heterocycles.